The molecule has 3 amide bonds. The number of benzene rings is 1. The van der Waals surface area contributed by atoms with Crippen LogP contribution in [0.4, 0.5) is 16.3 Å². The van der Waals surface area contributed by atoms with Gasteiger partial charge in [-0.15, -0.1) is 0 Å². The van der Waals surface area contributed by atoms with Gasteiger partial charge in [0.05, 0.1) is 25.5 Å². The number of nitrogens with one attached hydrogen (secondary N) is 2. The Hall–Kier alpha value is -3.99. The molecule has 2 aromatic heterocycles. The molecule has 1 aromatic carbocycles. The highest BCUT2D eigenvalue weighted by Gasteiger charge is 2.29. The second kappa shape index (κ2) is 10.3. The maximum absolute atomic E-state index is 13.2. The molecule has 0 bridgehead atoms. The molecule has 0 unspecified atom stereocenters. The van der Waals surface area contributed by atoms with Gasteiger partial charge < -0.3 is 25.2 Å². The fourth-order valence-corrected chi connectivity index (χ4v) is 4.53. The van der Waals surface area contributed by atoms with Crippen LogP contribution in [0.1, 0.15) is 28.7 Å². The Morgan fingerprint density at radius 3 is 2.53 bits per heavy atom. The zero-order valence-electron chi connectivity index (χ0n) is 20.5. The normalized spacial score (nSPS) is 15.4. The Bertz CT molecular complexity index is 1250. The van der Waals surface area contributed by atoms with Gasteiger partial charge in [0.2, 0.25) is 0 Å². The molecule has 2 N–H and O–H groups in total. The number of fused-ring (bicyclic) bond motifs is 1. The number of ether oxygens (including phenoxy) is 1. The monoisotopic (exact) mass is 490 g/mol. The largest absolute Gasteiger partial charge is 0.378 e. The Kier molecular flexibility index (Phi) is 6.81. The van der Waals surface area contributed by atoms with Crippen LogP contribution in [0.3, 0.4) is 0 Å². The molecule has 0 radical (unpaired) electrons. The number of anilines is 2. The number of aromatic nitrogens is 4. The van der Waals surface area contributed by atoms with Crippen LogP contribution in [-0.2, 0) is 24.8 Å². The van der Waals surface area contributed by atoms with Gasteiger partial charge in [-0.3, -0.25) is 9.48 Å². The van der Waals surface area contributed by atoms with E-state index in [0.29, 0.717) is 56.5 Å². The predicted molar refractivity (Wildman–Crippen MR) is 135 cm³/mol. The SMILES string of the molecule is CCNC(=O)Nc1ccc(-c2nc3c(c(N4CCOCC4)n2)CCN(C(=O)c2ccnn2C)C3)cc1. The van der Waals surface area contributed by atoms with Crippen molar-refractivity contribution in [3.05, 3.63) is 53.5 Å². The quantitative estimate of drug-likeness (QED) is 0.562. The number of hydrogen-bond donors (Lipinski definition) is 2. The lowest BCUT2D eigenvalue weighted by Crippen LogP contribution is -2.41. The first-order chi connectivity index (χ1) is 17.5. The Balaban J connectivity index is 1.46. The van der Waals surface area contributed by atoms with E-state index in [1.165, 1.54) is 0 Å². The molecule has 3 aromatic rings. The van der Waals surface area contributed by atoms with E-state index in [9.17, 15) is 9.59 Å². The summed E-state index contributed by atoms with van der Waals surface area (Å²) in [6, 6.07) is 8.95. The summed E-state index contributed by atoms with van der Waals surface area (Å²) < 4.78 is 7.15. The Morgan fingerprint density at radius 2 is 1.83 bits per heavy atom. The molecule has 36 heavy (non-hydrogen) atoms. The molecule has 11 nitrogen and oxygen atoms in total. The molecule has 11 heteroatoms. The maximum Gasteiger partial charge on any atom is 0.319 e. The highest BCUT2D eigenvalue weighted by molar-refractivity contribution is 5.92. The van der Waals surface area contributed by atoms with Crippen LogP contribution in [0.15, 0.2) is 36.5 Å². The van der Waals surface area contributed by atoms with Crippen LogP contribution in [0.25, 0.3) is 11.4 Å². The van der Waals surface area contributed by atoms with Gasteiger partial charge in [0.25, 0.3) is 5.91 Å². The van der Waals surface area contributed by atoms with Gasteiger partial charge >= 0.3 is 6.03 Å². The molecule has 0 saturated carbocycles. The summed E-state index contributed by atoms with van der Waals surface area (Å²) in [6.07, 6.45) is 2.31. The standard InChI is InChI=1S/C25H30N8O3/c1-3-26-25(35)28-18-6-4-17(5-7-18)22-29-20-16-33(24(34)21-8-10-27-31(21)2)11-9-19(20)23(30-22)32-12-14-36-15-13-32/h4-8,10H,3,9,11-16H2,1-2H3,(H2,26,28,35). The Labute approximate surface area is 209 Å². The summed E-state index contributed by atoms with van der Waals surface area (Å²) in [5.41, 5.74) is 4.02. The van der Waals surface area contributed by atoms with Crippen molar-refractivity contribution in [1.29, 1.82) is 0 Å². The lowest BCUT2D eigenvalue weighted by Gasteiger charge is -2.34. The predicted octanol–water partition coefficient (Wildman–Crippen LogP) is 2.05. The molecular formula is C25H30N8O3. The first-order valence-corrected chi connectivity index (χ1v) is 12.2. The third kappa shape index (κ3) is 4.87. The van der Waals surface area contributed by atoms with E-state index in [1.54, 1.807) is 24.0 Å². The summed E-state index contributed by atoms with van der Waals surface area (Å²) in [6.45, 7) is 6.25. The molecule has 0 aliphatic carbocycles. The fourth-order valence-electron chi connectivity index (χ4n) is 4.53. The van der Waals surface area contributed by atoms with Crippen LogP contribution in [0, 0.1) is 0 Å². The molecule has 2 aliphatic heterocycles. The summed E-state index contributed by atoms with van der Waals surface area (Å²) >= 11 is 0. The zero-order chi connectivity index (χ0) is 25.1. The van der Waals surface area contributed by atoms with Crippen LogP contribution < -0.4 is 15.5 Å². The number of carbonyl (C=O) groups excluding carboxylic acids is 2. The third-order valence-corrected chi connectivity index (χ3v) is 6.42. The first kappa shape index (κ1) is 23.7. The van der Waals surface area contributed by atoms with Crippen molar-refractivity contribution in [3.8, 4) is 11.4 Å². The van der Waals surface area contributed by atoms with Gasteiger partial charge in [0, 0.05) is 56.2 Å². The number of nitrogens with zero attached hydrogens (tertiary/aromatic N) is 6. The molecule has 5 rings (SSSR count). The van der Waals surface area contributed by atoms with E-state index in [2.05, 4.69) is 20.6 Å². The summed E-state index contributed by atoms with van der Waals surface area (Å²) in [5, 5.41) is 9.66. The Morgan fingerprint density at radius 1 is 1.06 bits per heavy atom. The van der Waals surface area contributed by atoms with Crippen LogP contribution in [-0.4, -0.2) is 76.0 Å². The van der Waals surface area contributed by atoms with E-state index < -0.39 is 0 Å². The second-order valence-electron chi connectivity index (χ2n) is 8.77. The lowest BCUT2D eigenvalue weighted by molar-refractivity contribution is 0.0720. The van der Waals surface area contributed by atoms with Crippen molar-refractivity contribution in [2.75, 3.05) is 49.6 Å². The van der Waals surface area contributed by atoms with E-state index >= 15 is 0 Å². The summed E-state index contributed by atoms with van der Waals surface area (Å²) in [4.78, 5) is 39.0. The van der Waals surface area contributed by atoms with Crippen molar-refractivity contribution >= 4 is 23.4 Å². The summed E-state index contributed by atoms with van der Waals surface area (Å²) in [5.74, 6) is 1.44. The van der Waals surface area contributed by atoms with Crippen molar-refractivity contribution < 1.29 is 14.3 Å². The number of hydrogen-bond acceptors (Lipinski definition) is 7. The topological polar surface area (TPSA) is 118 Å². The van der Waals surface area contributed by atoms with Gasteiger partial charge in [-0.05, 0) is 43.7 Å². The number of carbonyl (C=O) groups is 2. The molecule has 1 fully saturated rings. The molecule has 2 aliphatic rings. The van der Waals surface area contributed by atoms with Gasteiger partial charge in [-0.1, -0.05) is 0 Å². The van der Waals surface area contributed by atoms with Gasteiger partial charge in [0.1, 0.15) is 11.5 Å². The lowest BCUT2D eigenvalue weighted by atomic mass is 10.0. The van der Waals surface area contributed by atoms with Crippen LogP contribution in [0.2, 0.25) is 0 Å². The minimum Gasteiger partial charge on any atom is -0.378 e. The number of rotatable bonds is 5. The minimum absolute atomic E-state index is 0.0606. The van der Waals surface area contributed by atoms with Crippen molar-refractivity contribution in [2.45, 2.75) is 19.9 Å². The van der Waals surface area contributed by atoms with Gasteiger partial charge in [0.15, 0.2) is 5.82 Å². The van der Waals surface area contributed by atoms with E-state index in [4.69, 9.17) is 14.7 Å². The molecule has 0 atom stereocenters. The minimum atomic E-state index is -0.247. The van der Waals surface area contributed by atoms with E-state index in [1.807, 2.05) is 36.1 Å². The van der Waals surface area contributed by atoms with Gasteiger partial charge in [-0.2, -0.15) is 5.10 Å². The zero-order valence-corrected chi connectivity index (χ0v) is 20.5. The maximum atomic E-state index is 13.2. The summed E-state index contributed by atoms with van der Waals surface area (Å²) in [7, 11) is 1.77. The highest BCUT2D eigenvalue weighted by atomic mass is 16.5. The number of morpholine rings is 1. The fraction of sp³-hybridized carbons (Fsp3) is 0.400. The third-order valence-electron chi connectivity index (χ3n) is 6.42. The number of aryl methyl sites for hydroxylation is 1. The van der Waals surface area contributed by atoms with E-state index in [0.717, 1.165) is 35.7 Å². The molecular weight excluding hydrogens is 460 g/mol. The van der Waals surface area contributed by atoms with Crippen molar-refractivity contribution in [3.63, 3.8) is 0 Å². The van der Waals surface area contributed by atoms with Crippen molar-refractivity contribution in [2.24, 2.45) is 7.05 Å². The second-order valence-corrected chi connectivity index (χ2v) is 8.77. The molecule has 4 heterocycles. The highest BCUT2D eigenvalue weighted by Crippen LogP contribution is 2.31. The van der Waals surface area contributed by atoms with Crippen LogP contribution in [0.5, 0.6) is 0 Å². The van der Waals surface area contributed by atoms with Crippen molar-refractivity contribution in [1.82, 2.24) is 30.0 Å². The number of amides is 3. The smallest absolute Gasteiger partial charge is 0.319 e. The van der Waals surface area contributed by atoms with Crippen LogP contribution >= 0.6 is 0 Å². The number of urea groups is 1. The molecule has 188 valence electrons. The first-order valence-electron chi connectivity index (χ1n) is 12.2. The molecule has 0 spiro atoms. The van der Waals surface area contributed by atoms with E-state index in [-0.39, 0.29) is 11.9 Å². The average Bonchev–Trinajstić information content (AvgIpc) is 3.34. The molecule has 1 saturated heterocycles. The average molecular weight is 491 g/mol. The van der Waals surface area contributed by atoms with Gasteiger partial charge in [-0.25, -0.2) is 14.8 Å².